The van der Waals surface area contributed by atoms with Crippen molar-refractivity contribution >= 4 is 57.3 Å². The lowest BCUT2D eigenvalue weighted by molar-refractivity contribution is -0.386. The Morgan fingerprint density at radius 2 is 1.93 bits per heavy atom. The molecular formula is C29H23IN4O6S. The van der Waals surface area contributed by atoms with Crippen LogP contribution in [-0.4, -0.2) is 27.1 Å². The Hall–Kier alpha value is -4.30. The van der Waals surface area contributed by atoms with Crippen molar-refractivity contribution in [1.82, 2.24) is 4.57 Å². The van der Waals surface area contributed by atoms with Gasteiger partial charge in [-0.25, -0.2) is 4.99 Å². The molecule has 0 fully saturated rings. The lowest BCUT2D eigenvalue weighted by Crippen LogP contribution is -2.40. The van der Waals surface area contributed by atoms with Gasteiger partial charge in [-0.05, 0) is 84.0 Å². The van der Waals surface area contributed by atoms with Gasteiger partial charge in [0, 0.05) is 11.8 Å². The zero-order valence-electron chi connectivity index (χ0n) is 21.8. The number of nitrogens with zero attached hydrogens (tertiary/aromatic N) is 3. The average Bonchev–Trinajstić information content (AvgIpc) is 3.24. The van der Waals surface area contributed by atoms with Crippen molar-refractivity contribution in [3.63, 3.8) is 0 Å². The predicted molar refractivity (Wildman–Crippen MR) is 164 cm³/mol. The second-order valence-corrected chi connectivity index (χ2v) is 11.2. The molecule has 0 saturated heterocycles. The number of allylic oxidation sites excluding steroid dienone is 1. The van der Waals surface area contributed by atoms with Crippen LogP contribution in [0, 0.1) is 13.7 Å². The molecule has 1 atom stereocenters. The van der Waals surface area contributed by atoms with Gasteiger partial charge in [0.1, 0.15) is 5.75 Å². The van der Waals surface area contributed by atoms with Gasteiger partial charge in [-0.15, -0.1) is 0 Å². The second kappa shape index (κ2) is 11.7. The Kier molecular flexibility index (Phi) is 8.03. The van der Waals surface area contributed by atoms with E-state index in [-0.39, 0.29) is 8.10 Å². The molecule has 0 radical (unpaired) electrons. The quantitative estimate of drug-likeness (QED) is 0.168. The van der Waals surface area contributed by atoms with Crippen molar-refractivity contribution in [3.05, 3.63) is 122 Å². The molecule has 1 aliphatic rings. The first kappa shape index (κ1) is 28.2. The molecule has 10 nitrogen and oxygen atoms in total. The first-order chi connectivity index (χ1) is 19.7. The number of nitro benzene ring substituents is 1. The first-order valence-electron chi connectivity index (χ1n) is 12.5. The standard InChI is InChI=1S/C29H23IN4O6S/c1-3-40-20-11-9-18(10-12-20)25-24(27(36)32-19-7-5-4-6-8-19)16(2)31-29-33(25)28(37)23(41-29)15-17-13-21(30)26(35)22(14-17)34(38)39/h4-15,25,35H,3H2,1-2H3,(H,32,36)/b23-15-/t25-/m1/s1. The van der Waals surface area contributed by atoms with Crippen molar-refractivity contribution in [1.29, 1.82) is 0 Å². The molecule has 3 aromatic carbocycles. The lowest BCUT2D eigenvalue weighted by Gasteiger charge is -2.25. The highest BCUT2D eigenvalue weighted by molar-refractivity contribution is 14.1. The van der Waals surface area contributed by atoms with Crippen LogP contribution < -0.4 is 24.9 Å². The van der Waals surface area contributed by atoms with Crippen LogP contribution in [0.3, 0.4) is 0 Å². The van der Waals surface area contributed by atoms with Gasteiger partial charge < -0.3 is 15.2 Å². The van der Waals surface area contributed by atoms with E-state index in [1.807, 2.05) is 37.3 Å². The number of aromatic hydroxyl groups is 1. The van der Waals surface area contributed by atoms with Crippen LogP contribution in [0.1, 0.15) is 31.0 Å². The minimum atomic E-state index is -0.790. The number of ether oxygens (including phenoxy) is 1. The van der Waals surface area contributed by atoms with Gasteiger partial charge in [-0.3, -0.25) is 24.3 Å². The molecule has 1 aromatic heterocycles. The predicted octanol–water partition coefficient (Wildman–Crippen LogP) is 4.49. The van der Waals surface area contributed by atoms with Gasteiger partial charge in [0.25, 0.3) is 11.5 Å². The molecule has 208 valence electrons. The Bertz CT molecular complexity index is 1880. The van der Waals surface area contributed by atoms with Crippen LogP contribution >= 0.6 is 33.9 Å². The molecule has 0 aliphatic carbocycles. The van der Waals surface area contributed by atoms with Crippen LogP contribution in [0.25, 0.3) is 6.08 Å². The number of hydrogen-bond acceptors (Lipinski definition) is 8. The summed E-state index contributed by atoms with van der Waals surface area (Å²) < 4.78 is 7.60. The van der Waals surface area contributed by atoms with Gasteiger partial charge in [-0.2, -0.15) is 0 Å². The summed E-state index contributed by atoms with van der Waals surface area (Å²) in [4.78, 5) is 43.3. The number of phenols is 1. The molecule has 2 N–H and O–H groups in total. The largest absolute Gasteiger partial charge is 0.501 e. The fourth-order valence-corrected chi connectivity index (χ4v) is 6.22. The number of thiazole rings is 1. The number of rotatable bonds is 7. The number of fused-ring (bicyclic) bond motifs is 1. The van der Waals surface area contributed by atoms with E-state index in [1.165, 1.54) is 16.7 Å². The third-order valence-electron chi connectivity index (χ3n) is 6.36. The maximum absolute atomic E-state index is 13.9. The van der Waals surface area contributed by atoms with Gasteiger partial charge >= 0.3 is 5.69 Å². The molecule has 12 heteroatoms. The molecule has 1 aliphatic heterocycles. The highest BCUT2D eigenvalue weighted by Crippen LogP contribution is 2.33. The number of amides is 1. The van der Waals surface area contributed by atoms with Crippen molar-refractivity contribution in [2.75, 3.05) is 11.9 Å². The van der Waals surface area contributed by atoms with Crippen LogP contribution in [0.5, 0.6) is 11.5 Å². The zero-order chi connectivity index (χ0) is 29.3. The monoisotopic (exact) mass is 682 g/mol. The van der Waals surface area contributed by atoms with Crippen LogP contribution in [0.15, 0.2) is 87.8 Å². The van der Waals surface area contributed by atoms with Gasteiger partial charge in [0.15, 0.2) is 4.80 Å². The summed E-state index contributed by atoms with van der Waals surface area (Å²) in [6.07, 6.45) is 1.52. The van der Waals surface area contributed by atoms with E-state index >= 15 is 0 Å². The summed E-state index contributed by atoms with van der Waals surface area (Å²) in [7, 11) is 0. The SMILES string of the molecule is CCOc1ccc([C@@H]2C(C(=O)Nc3ccccc3)=C(C)N=c3s/c(=C\c4cc(I)c(O)c([N+](=O)[O-])c4)c(=O)n32)cc1. The molecule has 41 heavy (non-hydrogen) atoms. The highest BCUT2D eigenvalue weighted by atomic mass is 127. The first-order valence-corrected chi connectivity index (χ1v) is 14.4. The third-order valence-corrected chi connectivity index (χ3v) is 8.17. The molecule has 0 bridgehead atoms. The van der Waals surface area contributed by atoms with Gasteiger partial charge in [0.2, 0.25) is 5.75 Å². The van der Waals surface area contributed by atoms with E-state index in [1.54, 1.807) is 59.8 Å². The van der Waals surface area contributed by atoms with Crippen LogP contribution in [0.2, 0.25) is 0 Å². The summed E-state index contributed by atoms with van der Waals surface area (Å²) in [6.45, 7) is 4.10. The molecule has 5 rings (SSSR count). The smallest absolute Gasteiger partial charge is 0.312 e. The number of nitro groups is 1. The number of hydrogen-bond donors (Lipinski definition) is 2. The number of carbonyl (C=O) groups excluding carboxylic acids is 1. The van der Waals surface area contributed by atoms with E-state index in [4.69, 9.17) is 4.74 Å². The summed E-state index contributed by atoms with van der Waals surface area (Å²) in [5, 5.41) is 24.4. The lowest BCUT2D eigenvalue weighted by atomic mass is 9.95. The van der Waals surface area contributed by atoms with Gasteiger partial charge in [-0.1, -0.05) is 41.7 Å². The number of phenolic OH excluding ortho intramolecular Hbond substituents is 1. The minimum Gasteiger partial charge on any atom is -0.501 e. The fourth-order valence-electron chi connectivity index (χ4n) is 4.54. The topological polar surface area (TPSA) is 136 Å². The third kappa shape index (κ3) is 5.65. The molecule has 2 heterocycles. The number of nitrogens with one attached hydrogen (secondary N) is 1. The van der Waals surface area contributed by atoms with Crippen molar-refractivity contribution in [2.24, 2.45) is 4.99 Å². The molecule has 4 aromatic rings. The van der Waals surface area contributed by atoms with E-state index < -0.39 is 33.9 Å². The summed E-state index contributed by atoms with van der Waals surface area (Å²) in [5.74, 6) is -0.174. The number of anilines is 1. The number of para-hydroxylation sites is 1. The minimum absolute atomic E-state index is 0.271. The fraction of sp³-hybridized carbons (Fsp3) is 0.138. The Labute approximate surface area is 251 Å². The molecule has 0 spiro atoms. The molecular weight excluding hydrogens is 659 g/mol. The van der Waals surface area contributed by atoms with Crippen molar-refractivity contribution in [2.45, 2.75) is 19.9 Å². The second-order valence-electron chi connectivity index (χ2n) is 9.03. The highest BCUT2D eigenvalue weighted by Gasteiger charge is 2.32. The van der Waals surface area contributed by atoms with Crippen molar-refractivity contribution < 1.29 is 19.6 Å². The maximum atomic E-state index is 13.9. The number of halogens is 1. The summed E-state index contributed by atoms with van der Waals surface area (Å²) >= 11 is 2.92. The van der Waals surface area contributed by atoms with Crippen molar-refractivity contribution in [3.8, 4) is 11.5 Å². The van der Waals surface area contributed by atoms with E-state index in [0.29, 0.717) is 45.2 Å². The summed E-state index contributed by atoms with van der Waals surface area (Å²) in [6, 6.07) is 18.2. The molecule has 0 saturated carbocycles. The Morgan fingerprint density at radius 1 is 1.22 bits per heavy atom. The normalized spacial score (nSPS) is 14.8. The van der Waals surface area contributed by atoms with E-state index in [9.17, 15) is 24.8 Å². The zero-order valence-corrected chi connectivity index (χ0v) is 24.8. The van der Waals surface area contributed by atoms with E-state index in [2.05, 4.69) is 10.3 Å². The Balaban J connectivity index is 1.67. The molecule has 1 amide bonds. The van der Waals surface area contributed by atoms with Crippen LogP contribution in [0.4, 0.5) is 11.4 Å². The van der Waals surface area contributed by atoms with E-state index in [0.717, 1.165) is 11.3 Å². The Morgan fingerprint density at radius 3 is 2.59 bits per heavy atom. The van der Waals surface area contributed by atoms with Crippen LogP contribution in [-0.2, 0) is 4.79 Å². The number of benzene rings is 3. The number of carbonyl (C=O) groups is 1. The average molecular weight is 682 g/mol. The molecule has 0 unspecified atom stereocenters. The van der Waals surface area contributed by atoms with Gasteiger partial charge in [0.05, 0.1) is 36.9 Å². The maximum Gasteiger partial charge on any atom is 0.312 e. The number of aromatic nitrogens is 1. The summed E-state index contributed by atoms with van der Waals surface area (Å²) in [5.41, 5.74) is 1.56.